The van der Waals surface area contributed by atoms with Gasteiger partial charge in [-0.15, -0.1) is 0 Å². The standard InChI is InChI=1S/C13H20ClN3O2S/c1-17-6-2-3-10(9-17)8-16-20(18,19)13-7-11(14)4-5-12(13)15/h4-5,7,10,16H,2-3,6,8-9,15H2,1H3. The molecule has 1 aliphatic rings. The van der Waals surface area contributed by atoms with Gasteiger partial charge in [-0.25, -0.2) is 13.1 Å². The van der Waals surface area contributed by atoms with Crippen molar-refractivity contribution in [2.75, 3.05) is 32.4 Å². The first-order chi connectivity index (χ1) is 9.38. The molecule has 1 saturated heterocycles. The summed E-state index contributed by atoms with van der Waals surface area (Å²) in [6.45, 7) is 2.41. The molecule has 0 amide bonds. The SMILES string of the molecule is CN1CCCC(CNS(=O)(=O)c2cc(Cl)ccc2N)C1. The van der Waals surface area contributed by atoms with Crippen molar-refractivity contribution in [1.29, 1.82) is 0 Å². The van der Waals surface area contributed by atoms with E-state index >= 15 is 0 Å². The molecule has 1 atom stereocenters. The molecule has 0 bridgehead atoms. The number of halogens is 1. The number of hydrogen-bond acceptors (Lipinski definition) is 4. The van der Waals surface area contributed by atoms with Gasteiger partial charge in [0, 0.05) is 18.1 Å². The Morgan fingerprint density at radius 1 is 1.50 bits per heavy atom. The van der Waals surface area contributed by atoms with Gasteiger partial charge in [-0.05, 0) is 50.6 Å². The molecule has 1 aliphatic heterocycles. The highest BCUT2D eigenvalue weighted by Crippen LogP contribution is 2.23. The summed E-state index contributed by atoms with van der Waals surface area (Å²) < 4.78 is 27.2. The summed E-state index contributed by atoms with van der Waals surface area (Å²) in [4.78, 5) is 2.27. The first-order valence-corrected chi connectivity index (χ1v) is 8.48. The zero-order chi connectivity index (χ0) is 14.8. The summed E-state index contributed by atoms with van der Waals surface area (Å²) in [7, 11) is -1.56. The minimum Gasteiger partial charge on any atom is -0.398 e. The number of piperidine rings is 1. The second kappa shape index (κ2) is 6.30. The molecule has 0 spiro atoms. The van der Waals surface area contributed by atoms with E-state index in [2.05, 4.69) is 16.7 Å². The Labute approximate surface area is 125 Å². The van der Waals surface area contributed by atoms with E-state index in [9.17, 15) is 8.42 Å². The molecule has 0 saturated carbocycles. The number of nitrogens with two attached hydrogens (primary N) is 1. The first-order valence-electron chi connectivity index (χ1n) is 6.62. The molecule has 2 rings (SSSR count). The quantitative estimate of drug-likeness (QED) is 0.826. The maximum absolute atomic E-state index is 12.3. The molecule has 5 nitrogen and oxygen atoms in total. The molecule has 112 valence electrons. The molecule has 0 aromatic heterocycles. The molecule has 1 aromatic carbocycles. The van der Waals surface area contributed by atoms with Gasteiger partial charge in [0.05, 0.1) is 5.69 Å². The Balaban J connectivity index is 2.05. The molecular weight excluding hydrogens is 298 g/mol. The maximum Gasteiger partial charge on any atom is 0.242 e. The molecule has 0 aliphatic carbocycles. The lowest BCUT2D eigenvalue weighted by molar-refractivity contribution is 0.211. The fourth-order valence-electron chi connectivity index (χ4n) is 2.49. The van der Waals surface area contributed by atoms with E-state index in [-0.39, 0.29) is 10.6 Å². The zero-order valence-electron chi connectivity index (χ0n) is 11.5. The van der Waals surface area contributed by atoms with Crippen LogP contribution in [0.5, 0.6) is 0 Å². The van der Waals surface area contributed by atoms with Crippen LogP contribution in [0.4, 0.5) is 5.69 Å². The second-order valence-electron chi connectivity index (χ2n) is 5.30. The average Bonchev–Trinajstić information content (AvgIpc) is 2.39. The number of anilines is 1. The zero-order valence-corrected chi connectivity index (χ0v) is 13.0. The van der Waals surface area contributed by atoms with Crippen LogP contribution in [0.15, 0.2) is 23.1 Å². The smallest absolute Gasteiger partial charge is 0.242 e. The molecule has 7 heteroatoms. The number of rotatable bonds is 4. The van der Waals surface area contributed by atoms with E-state index in [1.54, 1.807) is 6.07 Å². The number of nitrogens with one attached hydrogen (secondary N) is 1. The monoisotopic (exact) mass is 317 g/mol. The Morgan fingerprint density at radius 3 is 2.95 bits per heavy atom. The van der Waals surface area contributed by atoms with E-state index in [1.165, 1.54) is 12.1 Å². The third kappa shape index (κ3) is 3.85. The van der Waals surface area contributed by atoms with Crippen molar-refractivity contribution in [3.63, 3.8) is 0 Å². The van der Waals surface area contributed by atoms with Crippen LogP contribution in [0.1, 0.15) is 12.8 Å². The van der Waals surface area contributed by atoms with Gasteiger partial charge in [0.15, 0.2) is 0 Å². The number of nitrogen functional groups attached to an aromatic ring is 1. The average molecular weight is 318 g/mol. The topological polar surface area (TPSA) is 75.4 Å². The fraction of sp³-hybridized carbons (Fsp3) is 0.538. The maximum atomic E-state index is 12.3. The van der Waals surface area contributed by atoms with Gasteiger partial charge in [-0.1, -0.05) is 11.6 Å². The third-order valence-electron chi connectivity index (χ3n) is 3.55. The van der Waals surface area contributed by atoms with E-state index in [0.29, 0.717) is 17.5 Å². The summed E-state index contributed by atoms with van der Waals surface area (Å²) in [6.07, 6.45) is 2.14. The van der Waals surface area contributed by atoms with Crippen LogP contribution >= 0.6 is 11.6 Å². The lowest BCUT2D eigenvalue weighted by atomic mass is 9.99. The van der Waals surface area contributed by atoms with Crippen molar-refractivity contribution in [3.8, 4) is 0 Å². The predicted octanol–water partition coefficient (Wildman–Crippen LogP) is 1.54. The first kappa shape index (κ1) is 15.6. The number of likely N-dealkylation sites (tertiary alicyclic amines) is 1. The van der Waals surface area contributed by atoms with Crippen LogP contribution in [-0.4, -0.2) is 40.0 Å². The highest BCUT2D eigenvalue weighted by Gasteiger charge is 2.22. The van der Waals surface area contributed by atoms with Gasteiger partial charge in [-0.3, -0.25) is 0 Å². The van der Waals surface area contributed by atoms with Gasteiger partial charge in [0.1, 0.15) is 4.90 Å². The number of benzene rings is 1. The van der Waals surface area contributed by atoms with Gasteiger partial charge in [0.25, 0.3) is 0 Å². The Hall–Kier alpha value is -0.820. The normalized spacial score (nSPS) is 21.0. The molecule has 3 N–H and O–H groups in total. The lowest BCUT2D eigenvalue weighted by Crippen LogP contribution is -2.39. The molecule has 1 unspecified atom stereocenters. The van der Waals surface area contributed by atoms with Crippen molar-refractivity contribution in [1.82, 2.24) is 9.62 Å². The molecule has 0 radical (unpaired) electrons. The number of hydrogen-bond donors (Lipinski definition) is 2. The Bertz CT molecular complexity index is 577. The summed E-state index contributed by atoms with van der Waals surface area (Å²) in [5.74, 6) is 0.337. The third-order valence-corrected chi connectivity index (χ3v) is 5.26. The van der Waals surface area contributed by atoms with Crippen LogP contribution in [0.25, 0.3) is 0 Å². The Kier molecular flexibility index (Phi) is 4.90. The highest BCUT2D eigenvalue weighted by atomic mass is 35.5. The van der Waals surface area contributed by atoms with Gasteiger partial charge in [0.2, 0.25) is 10.0 Å². The lowest BCUT2D eigenvalue weighted by Gasteiger charge is -2.29. The van der Waals surface area contributed by atoms with Crippen molar-refractivity contribution < 1.29 is 8.42 Å². The van der Waals surface area contributed by atoms with Gasteiger partial charge >= 0.3 is 0 Å². The van der Waals surface area contributed by atoms with Crippen molar-refractivity contribution >= 4 is 27.3 Å². The molecule has 1 heterocycles. The summed E-state index contributed by atoms with van der Waals surface area (Å²) in [5.41, 5.74) is 5.93. The summed E-state index contributed by atoms with van der Waals surface area (Å²) >= 11 is 5.84. The summed E-state index contributed by atoms with van der Waals surface area (Å²) in [6, 6.07) is 4.46. The van der Waals surface area contributed by atoms with Crippen LogP contribution in [0.2, 0.25) is 5.02 Å². The Morgan fingerprint density at radius 2 is 2.25 bits per heavy atom. The second-order valence-corrected chi connectivity index (χ2v) is 7.48. The molecule has 20 heavy (non-hydrogen) atoms. The van der Waals surface area contributed by atoms with Crippen LogP contribution < -0.4 is 10.5 Å². The van der Waals surface area contributed by atoms with Crippen LogP contribution in [0.3, 0.4) is 0 Å². The highest BCUT2D eigenvalue weighted by molar-refractivity contribution is 7.89. The van der Waals surface area contributed by atoms with Crippen molar-refractivity contribution in [2.24, 2.45) is 5.92 Å². The van der Waals surface area contributed by atoms with Crippen molar-refractivity contribution in [3.05, 3.63) is 23.2 Å². The van der Waals surface area contributed by atoms with E-state index < -0.39 is 10.0 Å². The van der Waals surface area contributed by atoms with E-state index in [0.717, 1.165) is 25.9 Å². The molecular formula is C13H20ClN3O2S. The minimum absolute atomic E-state index is 0.0502. The minimum atomic E-state index is -3.61. The van der Waals surface area contributed by atoms with Gasteiger partial charge < -0.3 is 10.6 Å². The van der Waals surface area contributed by atoms with E-state index in [1.807, 2.05) is 0 Å². The van der Waals surface area contributed by atoms with Crippen molar-refractivity contribution in [2.45, 2.75) is 17.7 Å². The van der Waals surface area contributed by atoms with Gasteiger partial charge in [-0.2, -0.15) is 0 Å². The summed E-state index contributed by atoms with van der Waals surface area (Å²) in [5, 5.41) is 0.358. The largest absolute Gasteiger partial charge is 0.398 e. The molecule has 1 aromatic rings. The van der Waals surface area contributed by atoms with Crippen LogP contribution in [0, 0.1) is 5.92 Å². The number of nitrogens with zero attached hydrogens (tertiary/aromatic N) is 1. The fourth-order valence-corrected chi connectivity index (χ4v) is 3.99. The number of sulfonamides is 1. The van der Waals surface area contributed by atoms with E-state index in [4.69, 9.17) is 17.3 Å². The predicted molar refractivity (Wildman–Crippen MR) is 81.3 cm³/mol. The molecule has 1 fully saturated rings. The van der Waals surface area contributed by atoms with Crippen LogP contribution in [-0.2, 0) is 10.0 Å².